The molecule has 0 radical (unpaired) electrons. The predicted molar refractivity (Wildman–Crippen MR) is 74.8 cm³/mol. The van der Waals surface area contributed by atoms with Gasteiger partial charge in [-0.1, -0.05) is 0 Å². The van der Waals surface area contributed by atoms with Crippen LogP contribution in [0.4, 0.5) is 24.5 Å². The van der Waals surface area contributed by atoms with Gasteiger partial charge in [0, 0.05) is 24.5 Å². The van der Waals surface area contributed by atoms with Crippen LogP contribution in [0.3, 0.4) is 0 Å². The summed E-state index contributed by atoms with van der Waals surface area (Å²) in [6.07, 6.45) is -2.49. The van der Waals surface area contributed by atoms with Crippen LogP contribution in [0.1, 0.15) is 18.4 Å². The normalized spacial score (nSPS) is 18.2. The summed E-state index contributed by atoms with van der Waals surface area (Å²) >= 11 is 0. The molecule has 6 heteroatoms. The third-order valence-corrected chi connectivity index (χ3v) is 3.99. The van der Waals surface area contributed by atoms with Crippen LogP contribution in [0.15, 0.2) is 18.2 Å². The van der Waals surface area contributed by atoms with Crippen LogP contribution in [0, 0.1) is 0 Å². The molecule has 112 valence electrons. The Morgan fingerprint density at radius 1 is 1.25 bits per heavy atom. The molecular weight excluding hydrogens is 267 g/mol. The first-order valence-electron chi connectivity index (χ1n) is 6.67. The van der Waals surface area contributed by atoms with Crippen molar-refractivity contribution in [1.82, 2.24) is 4.90 Å². The summed E-state index contributed by atoms with van der Waals surface area (Å²) in [6.45, 7) is 1.94. The molecule has 1 aromatic rings. The molecule has 3 nitrogen and oxygen atoms in total. The summed E-state index contributed by atoms with van der Waals surface area (Å²) in [5.74, 6) is 0. The fourth-order valence-corrected chi connectivity index (χ4v) is 2.60. The lowest BCUT2D eigenvalue weighted by molar-refractivity contribution is -0.136. The van der Waals surface area contributed by atoms with Crippen LogP contribution < -0.4 is 10.6 Å². The number of nitrogen functional groups attached to an aromatic ring is 1. The number of nitrogens with zero attached hydrogens (tertiary/aromatic N) is 2. The number of alkyl halides is 3. The molecule has 1 fully saturated rings. The molecule has 20 heavy (non-hydrogen) atoms. The molecule has 1 heterocycles. The molecule has 0 unspecified atom stereocenters. The van der Waals surface area contributed by atoms with Crippen molar-refractivity contribution in [2.24, 2.45) is 0 Å². The molecule has 1 aliphatic heterocycles. The smallest absolute Gasteiger partial charge is 0.398 e. The Bertz CT molecular complexity index is 465. The zero-order valence-electron chi connectivity index (χ0n) is 11.7. The Labute approximate surface area is 117 Å². The maximum absolute atomic E-state index is 12.9. The van der Waals surface area contributed by atoms with Gasteiger partial charge in [-0.05, 0) is 51.2 Å². The number of likely N-dealkylation sites (tertiary alicyclic amines) is 1. The van der Waals surface area contributed by atoms with E-state index in [-0.39, 0.29) is 11.7 Å². The van der Waals surface area contributed by atoms with Crippen LogP contribution >= 0.6 is 0 Å². The van der Waals surface area contributed by atoms with Crippen LogP contribution in [-0.4, -0.2) is 38.1 Å². The summed E-state index contributed by atoms with van der Waals surface area (Å²) < 4.78 is 38.6. The minimum atomic E-state index is -4.41. The standard InChI is InChI=1S/C14H20F3N3/c1-19-7-5-10(6-8-19)20(2)11-3-4-13(18)12(9-11)14(15,16)17/h3-4,9-10H,5-8,18H2,1-2H3. The number of halogens is 3. The average Bonchev–Trinajstić information content (AvgIpc) is 2.38. The molecule has 1 aromatic carbocycles. The quantitative estimate of drug-likeness (QED) is 0.849. The van der Waals surface area contributed by atoms with Crippen molar-refractivity contribution in [2.45, 2.75) is 25.1 Å². The van der Waals surface area contributed by atoms with Gasteiger partial charge >= 0.3 is 6.18 Å². The monoisotopic (exact) mass is 287 g/mol. The summed E-state index contributed by atoms with van der Waals surface area (Å²) in [4.78, 5) is 4.16. The molecule has 0 aromatic heterocycles. The van der Waals surface area contributed by atoms with Gasteiger partial charge in [-0.2, -0.15) is 13.2 Å². The van der Waals surface area contributed by atoms with Crippen LogP contribution in [0.2, 0.25) is 0 Å². The van der Waals surface area contributed by atoms with E-state index in [0.717, 1.165) is 32.0 Å². The van der Waals surface area contributed by atoms with E-state index in [1.807, 2.05) is 11.9 Å². The Balaban J connectivity index is 2.20. The van der Waals surface area contributed by atoms with E-state index in [0.29, 0.717) is 5.69 Å². The Morgan fingerprint density at radius 2 is 1.85 bits per heavy atom. The van der Waals surface area contributed by atoms with E-state index in [4.69, 9.17) is 5.73 Å². The van der Waals surface area contributed by atoms with Crippen molar-refractivity contribution in [1.29, 1.82) is 0 Å². The van der Waals surface area contributed by atoms with Crippen LogP contribution in [0.25, 0.3) is 0 Å². The summed E-state index contributed by atoms with van der Waals surface area (Å²) in [5.41, 5.74) is 5.02. The van der Waals surface area contributed by atoms with Crippen molar-refractivity contribution in [3.05, 3.63) is 23.8 Å². The van der Waals surface area contributed by atoms with Gasteiger partial charge < -0.3 is 15.5 Å². The number of hydrogen-bond acceptors (Lipinski definition) is 3. The molecule has 0 bridgehead atoms. The van der Waals surface area contributed by atoms with E-state index >= 15 is 0 Å². The molecule has 0 saturated carbocycles. The van der Waals surface area contributed by atoms with E-state index in [1.54, 1.807) is 6.07 Å². The SMILES string of the molecule is CN1CCC(N(C)c2ccc(N)c(C(F)(F)F)c2)CC1. The zero-order valence-corrected chi connectivity index (χ0v) is 11.7. The minimum Gasteiger partial charge on any atom is -0.398 e. The van der Waals surface area contributed by atoms with Crippen molar-refractivity contribution < 1.29 is 13.2 Å². The van der Waals surface area contributed by atoms with Crippen LogP contribution in [-0.2, 0) is 6.18 Å². The average molecular weight is 287 g/mol. The van der Waals surface area contributed by atoms with Crippen molar-refractivity contribution in [2.75, 3.05) is 37.8 Å². The van der Waals surface area contributed by atoms with Gasteiger partial charge in [0.05, 0.1) is 5.56 Å². The Kier molecular flexibility index (Phi) is 4.13. The Hall–Kier alpha value is -1.43. The molecule has 2 N–H and O–H groups in total. The van der Waals surface area contributed by atoms with E-state index < -0.39 is 11.7 Å². The lowest BCUT2D eigenvalue weighted by atomic mass is 10.0. The van der Waals surface area contributed by atoms with Crippen molar-refractivity contribution in [3.63, 3.8) is 0 Å². The molecule has 0 amide bonds. The Morgan fingerprint density at radius 3 is 2.40 bits per heavy atom. The van der Waals surface area contributed by atoms with E-state index in [2.05, 4.69) is 11.9 Å². The lowest BCUT2D eigenvalue weighted by Gasteiger charge is -2.36. The molecule has 2 rings (SSSR count). The third-order valence-electron chi connectivity index (χ3n) is 3.99. The predicted octanol–water partition coefficient (Wildman–Crippen LogP) is 2.82. The molecule has 0 spiro atoms. The topological polar surface area (TPSA) is 32.5 Å². The van der Waals surface area contributed by atoms with Crippen LogP contribution in [0.5, 0.6) is 0 Å². The largest absolute Gasteiger partial charge is 0.418 e. The van der Waals surface area contributed by atoms with Gasteiger partial charge in [-0.25, -0.2) is 0 Å². The first-order chi connectivity index (χ1) is 9.29. The number of benzene rings is 1. The zero-order chi connectivity index (χ0) is 14.9. The fraction of sp³-hybridized carbons (Fsp3) is 0.571. The van der Waals surface area contributed by atoms with Crippen molar-refractivity contribution in [3.8, 4) is 0 Å². The highest BCUT2D eigenvalue weighted by molar-refractivity contribution is 5.59. The van der Waals surface area contributed by atoms with Gasteiger partial charge in [0.15, 0.2) is 0 Å². The first kappa shape index (κ1) is 15.0. The summed E-state index contributed by atoms with van der Waals surface area (Å²) in [6, 6.07) is 4.41. The first-order valence-corrected chi connectivity index (χ1v) is 6.67. The number of nitrogens with two attached hydrogens (primary N) is 1. The van der Waals surface area contributed by atoms with Gasteiger partial charge in [0.1, 0.15) is 0 Å². The number of anilines is 2. The van der Waals surface area contributed by atoms with Gasteiger partial charge in [-0.15, -0.1) is 0 Å². The van der Waals surface area contributed by atoms with Crippen molar-refractivity contribution >= 4 is 11.4 Å². The highest BCUT2D eigenvalue weighted by Crippen LogP contribution is 2.36. The molecule has 0 atom stereocenters. The summed E-state index contributed by atoms with van der Waals surface area (Å²) in [7, 11) is 3.91. The minimum absolute atomic E-state index is 0.224. The van der Waals surface area contributed by atoms with Gasteiger partial charge in [0.25, 0.3) is 0 Å². The number of hydrogen-bond donors (Lipinski definition) is 1. The summed E-state index contributed by atoms with van der Waals surface area (Å²) in [5, 5.41) is 0. The molecule has 1 aliphatic rings. The maximum Gasteiger partial charge on any atom is 0.418 e. The third kappa shape index (κ3) is 3.17. The molecule has 0 aliphatic carbocycles. The number of piperidine rings is 1. The van der Waals surface area contributed by atoms with E-state index in [9.17, 15) is 13.2 Å². The lowest BCUT2D eigenvalue weighted by Crippen LogP contribution is -2.42. The molecule has 1 saturated heterocycles. The van der Waals surface area contributed by atoms with E-state index in [1.165, 1.54) is 6.07 Å². The van der Waals surface area contributed by atoms with Gasteiger partial charge in [-0.3, -0.25) is 0 Å². The fourth-order valence-electron chi connectivity index (χ4n) is 2.60. The second kappa shape index (κ2) is 5.52. The van der Waals surface area contributed by atoms with Gasteiger partial charge in [0.2, 0.25) is 0 Å². The second-order valence-corrected chi connectivity index (χ2v) is 5.41. The maximum atomic E-state index is 12.9. The highest BCUT2D eigenvalue weighted by Gasteiger charge is 2.33. The highest BCUT2D eigenvalue weighted by atomic mass is 19.4. The number of rotatable bonds is 2. The molecular formula is C14H20F3N3. The second-order valence-electron chi connectivity index (χ2n) is 5.41.